The van der Waals surface area contributed by atoms with Gasteiger partial charge in [-0.3, -0.25) is 20.2 Å². The van der Waals surface area contributed by atoms with Crippen molar-refractivity contribution in [1.82, 2.24) is 5.32 Å². The number of nitrogens with one attached hydrogen (secondary N) is 1. The van der Waals surface area contributed by atoms with E-state index in [2.05, 4.69) is 19.2 Å². The summed E-state index contributed by atoms with van der Waals surface area (Å²) in [7, 11) is 0. The van der Waals surface area contributed by atoms with Gasteiger partial charge >= 0.3 is 6.17 Å². The Labute approximate surface area is 111 Å². The summed E-state index contributed by atoms with van der Waals surface area (Å²) in [5.41, 5.74) is 0. The van der Waals surface area contributed by atoms with Crippen LogP contribution in [-0.2, 0) is 0 Å². The van der Waals surface area contributed by atoms with Gasteiger partial charge in [0.1, 0.15) is 5.92 Å². The Hall–Kier alpha value is -0.760. The molecule has 1 heterocycles. The smallest absolute Gasteiger partial charge is 0.316 e. The fourth-order valence-corrected chi connectivity index (χ4v) is 1.35. The van der Waals surface area contributed by atoms with E-state index in [1.54, 1.807) is 0 Å². The Balaban J connectivity index is 0. The Kier molecular flexibility index (Phi) is 11.4. The molecule has 1 rings (SSSR count). The van der Waals surface area contributed by atoms with Crippen molar-refractivity contribution < 1.29 is 9.85 Å². The van der Waals surface area contributed by atoms with Crippen LogP contribution in [0.3, 0.4) is 0 Å². The molecule has 1 N–H and O–H groups in total. The molecule has 1 fully saturated rings. The van der Waals surface area contributed by atoms with Crippen molar-refractivity contribution in [1.29, 1.82) is 0 Å². The molecule has 1 unspecified atom stereocenters. The molecule has 0 aromatic carbocycles. The van der Waals surface area contributed by atoms with Gasteiger partial charge in [0, 0.05) is 6.54 Å². The Morgan fingerprint density at radius 1 is 1.24 bits per heavy atom. The molecule has 0 bridgehead atoms. The maximum Gasteiger partial charge on any atom is 0.454 e. The predicted molar refractivity (Wildman–Crippen MR) is 69.7 cm³/mol. The number of unbranched alkanes of at least 4 members (excludes halogenated alkanes) is 1. The summed E-state index contributed by atoms with van der Waals surface area (Å²) in [4.78, 5) is 18.9. The third-order valence-electron chi connectivity index (χ3n) is 2.45. The summed E-state index contributed by atoms with van der Waals surface area (Å²) in [6.07, 6.45) is 1.51. The van der Waals surface area contributed by atoms with Gasteiger partial charge in [-0.1, -0.05) is 26.7 Å². The quantitative estimate of drug-likeness (QED) is 0.485. The van der Waals surface area contributed by atoms with Crippen molar-refractivity contribution in [2.45, 2.75) is 39.3 Å². The van der Waals surface area contributed by atoms with E-state index in [-0.39, 0.29) is 17.0 Å². The molecular formula is C9H20BrN3O4. The lowest BCUT2D eigenvalue weighted by Crippen LogP contribution is -2.37. The average molecular weight is 314 g/mol. The normalized spacial score (nSPS) is 17.9. The Bertz CT molecular complexity index is 218. The summed E-state index contributed by atoms with van der Waals surface area (Å²) in [5.74, 6) is -0.463. The first-order valence-electron chi connectivity index (χ1n) is 5.52. The van der Waals surface area contributed by atoms with Crippen LogP contribution in [0, 0.1) is 26.1 Å². The van der Waals surface area contributed by atoms with E-state index >= 15 is 0 Å². The molecule has 0 saturated carbocycles. The highest BCUT2D eigenvalue weighted by atomic mass is 79.9. The maximum atomic E-state index is 10.3. The van der Waals surface area contributed by atoms with Crippen LogP contribution in [0.4, 0.5) is 0 Å². The molecule has 8 heteroatoms. The molecule has 7 nitrogen and oxygen atoms in total. The Morgan fingerprint density at radius 2 is 1.71 bits per heavy atom. The lowest BCUT2D eigenvalue weighted by atomic mass is 10.1. The van der Waals surface area contributed by atoms with Gasteiger partial charge in [-0.2, -0.15) is 0 Å². The number of nitrogens with zero attached hydrogens (tertiary/aromatic N) is 2. The predicted octanol–water partition coefficient (Wildman–Crippen LogP) is 1.86. The molecule has 17 heavy (non-hydrogen) atoms. The highest BCUT2D eigenvalue weighted by molar-refractivity contribution is 8.93. The molecule has 0 radical (unpaired) electrons. The summed E-state index contributed by atoms with van der Waals surface area (Å²) in [5, 5.41) is 23.4. The van der Waals surface area contributed by atoms with E-state index in [0.717, 1.165) is 0 Å². The fraction of sp³-hybridized carbons (Fsp3) is 1.00. The molecule has 0 aromatic rings. The van der Waals surface area contributed by atoms with Crippen molar-refractivity contribution in [2.75, 3.05) is 13.1 Å². The minimum absolute atomic E-state index is 0. The summed E-state index contributed by atoms with van der Waals surface area (Å²) < 4.78 is 0. The second kappa shape index (κ2) is 10.4. The fourth-order valence-electron chi connectivity index (χ4n) is 1.35. The molecule has 1 atom stereocenters. The van der Waals surface area contributed by atoms with Gasteiger partial charge in [0.2, 0.25) is 0 Å². The van der Waals surface area contributed by atoms with Gasteiger partial charge in [0.15, 0.2) is 0 Å². The van der Waals surface area contributed by atoms with Crippen molar-refractivity contribution in [3.05, 3.63) is 20.2 Å². The standard InChI is InChI=1S/C5H9N3O4.C4H10.BrH/c9-7(10)5(8(11)12)4-1-2-6-3-4;1-3-4-2;/h4-6H,1-3H2;3-4H2,1-2H3;1H. The zero-order valence-electron chi connectivity index (χ0n) is 10.1. The van der Waals surface area contributed by atoms with Gasteiger partial charge < -0.3 is 5.32 Å². The number of hydrogen-bond acceptors (Lipinski definition) is 5. The molecule has 1 saturated heterocycles. The first kappa shape index (κ1) is 18.6. The Morgan fingerprint density at radius 3 is 1.94 bits per heavy atom. The van der Waals surface area contributed by atoms with E-state index in [1.807, 2.05) is 0 Å². The van der Waals surface area contributed by atoms with Crippen LogP contribution in [0.25, 0.3) is 0 Å². The van der Waals surface area contributed by atoms with Gasteiger partial charge in [-0.05, 0) is 13.0 Å². The minimum atomic E-state index is -1.64. The largest absolute Gasteiger partial charge is 0.454 e. The first-order valence-corrected chi connectivity index (χ1v) is 5.52. The molecule has 0 aromatic heterocycles. The zero-order chi connectivity index (χ0) is 12.6. The van der Waals surface area contributed by atoms with Crippen LogP contribution in [-0.4, -0.2) is 29.1 Å². The second-order valence-corrected chi connectivity index (χ2v) is 3.74. The third kappa shape index (κ3) is 7.22. The first-order chi connectivity index (χ1) is 7.54. The van der Waals surface area contributed by atoms with E-state index in [4.69, 9.17) is 0 Å². The van der Waals surface area contributed by atoms with Crippen molar-refractivity contribution in [3.8, 4) is 0 Å². The summed E-state index contributed by atoms with van der Waals surface area (Å²) in [6.45, 7) is 5.36. The molecule has 0 spiro atoms. The zero-order valence-corrected chi connectivity index (χ0v) is 11.8. The van der Waals surface area contributed by atoms with Crippen molar-refractivity contribution in [3.63, 3.8) is 0 Å². The van der Waals surface area contributed by atoms with E-state index in [1.165, 1.54) is 12.8 Å². The van der Waals surface area contributed by atoms with E-state index in [9.17, 15) is 20.2 Å². The monoisotopic (exact) mass is 313 g/mol. The molecule has 102 valence electrons. The lowest BCUT2D eigenvalue weighted by molar-refractivity contribution is -0.750. The van der Waals surface area contributed by atoms with Gasteiger partial charge in [0.25, 0.3) is 0 Å². The van der Waals surface area contributed by atoms with Gasteiger partial charge in [-0.25, -0.2) is 0 Å². The minimum Gasteiger partial charge on any atom is -0.316 e. The van der Waals surface area contributed by atoms with Crippen LogP contribution in [0.1, 0.15) is 33.1 Å². The lowest BCUT2D eigenvalue weighted by Gasteiger charge is -2.06. The molecular weight excluding hydrogens is 294 g/mol. The topological polar surface area (TPSA) is 98.3 Å². The second-order valence-electron chi connectivity index (χ2n) is 3.74. The number of nitro groups is 2. The molecule has 0 aliphatic carbocycles. The molecule has 1 aliphatic heterocycles. The SMILES string of the molecule is Br.CCCC.O=[N+]([O-])C(C1CCNC1)[N+](=O)[O-]. The summed E-state index contributed by atoms with van der Waals surface area (Å²) >= 11 is 0. The summed E-state index contributed by atoms with van der Waals surface area (Å²) in [6, 6.07) is 0. The van der Waals surface area contributed by atoms with Crippen LogP contribution < -0.4 is 5.32 Å². The number of halogens is 1. The number of hydrogen-bond donors (Lipinski definition) is 1. The maximum absolute atomic E-state index is 10.3. The van der Waals surface area contributed by atoms with Gasteiger partial charge in [0.05, 0.1) is 9.85 Å². The van der Waals surface area contributed by atoms with Gasteiger partial charge in [-0.15, -0.1) is 17.0 Å². The van der Waals surface area contributed by atoms with Crippen molar-refractivity contribution >= 4 is 17.0 Å². The third-order valence-corrected chi connectivity index (χ3v) is 2.45. The average Bonchev–Trinajstić information content (AvgIpc) is 2.70. The van der Waals surface area contributed by atoms with Crippen LogP contribution in [0.15, 0.2) is 0 Å². The van der Waals surface area contributed by atoms with Crippen LogP contribution >= 0.6 is 17.0 Å². The number of rotatable bonds is 4. The highest BCUT2D eigenvalue weighted by Gasteiger charge is 2.43. The van der Waals surface area contributed by atoms with Crippen molar-refractivity contribution in [2.24, 2.45) is 5.92 Å². The van der Waals surface area contributed by atoms with E-state index in [0.29, 0.717) is 19.5 Å². The van der Waals surface area contributed by atoms with Crippen LogP contribution in [0.2, 0.25) is 0 Å². The molecule has 1 aliphatic rings. The van der Waals surface area contributed by atoms with Crippen LogP contribution in [0.5, 0.6) is 0 Å². The van der Waals surface area contributed by atoms with E-state index < -0.39 is 21.9 Å². The molecule has 0 amide bonds. The highest BCUT2D eigenvalue weighted by Crippen LogP contribution is 2.15.